The lowest BCUT2D eigenvalue weighted by Gasteiger charge is -2.19. The molecule has 0 radical (unpaired) electrons. The molecule has 1 aromatic rings. The first-order valence-corrected chi connectivity index (χ1v) is 5.14. The van der Waals surface area contributed by atoms with Crippen molar-refractivity contribution >= 4 is 11.9 Å². The van der Waals surface area contributed by atoms with Crippen LogP contribution in [0.5, 0.6) is 0 Å². The molecular formula is C12H14FNO3. The minimum atomic E-state index is -1.18. The smallest absolute Gasteiger partial charge is 0.315 e. The molecular weight excluding hydrogens is 225 g/mol. The van der Waals surface area contributed by atoms with Gasteiger partial charge in [-0.3, -0.25) is 9.59 Å². The van der Waals surface area contributed by atoms with Crippen molar-refractivity contribution in [3.63, 3.8) is 0 Å². The van der Waals surface area contributed by atoms with Gasteiger partial charge in [-0.05, 0) is 13.0 Å². The Balaban J connectivity index is 2.73. The highest BCUT2D eigenvalue weighted by molar-refractivity contribution is 5.96. The summed E-state index contributed by atoms with van der Waals surface area (Å²) in [4.78, 5) is 23.5. The fraction of sp³-hybridized carbons (Fsp3) is 0.333. The molecule has 1 amide bonds. The maximum Gasteiger partial charge on any atom is 0.315 e. The molecule has 5 heteroatoms. The Hall–Kier alpha value is -1.91. The van der Waals surface area contributed by atoms with E-state index in [0.29, 0.717) is 5.56 Å². The number of carbonyl (C=O) groups excluding carboxylic acids is 1. The van der Waals surface area contributed by atoms with Gasteiger partial charge < -0.3 is 10.0 Å². The van der Waals surface area contributed by atoms with Gasteiger partial charge >= 0.3 is 5.97 Å². The van der Waals surface area contributed by atoms with Gasteiger partial charge in [-0.15, -0.1) is 0 Å². The lowest BCUT2D eigenvalue weighted by molar-refractivity contribution is -0.149. The van der Waals surface area contributed by atoms with Crippen LogP contribution in [0.25, 0.3) is 0 Å². The SMILES string of the molecule is CC(C(=O)O)C(=O)N(C)Cc1ccccc1F. The number of nitrogens with zero attached hydrogens (tertiary/aromatic N) is 1. The molecule has 0 aromatic heterocycles. The van der Waals surface area contributed by atoms with E-state index in [1.807, 2.05) is 0 Å². The van der Waals surface area contributed by atoms with Crippen molar-refractivity contribution in [1.29, 1.82) is 0 Å². The van der Waals surface area contributed by atoms with Gasteiger partial charge in [0.15, 0.2) is 0 Å². The molecule has 92 valence electrons. The van der Waals surface area contributed by atoms with Crippen molar-refractivity contribution in [3.8, 4) is 0 Å². The van der Waals surface area contributed by atoms with E-state index in [0.717, 1.165) is 0 Å². The molecule has 0 heterocycles. The summed E-state index contributed by atoms with van der Waals surface area (Å²) < 4.78 is 13.3. The number of benzene rings is 1. The number of rotatable bonds is 4. The predicted molar refractivity (Wildman–Crippen MR) is 59.7 cm³/mol. The van der Waals surface area contributed by atoms with Crippen LogP contribution in [0.4, 0.5) is 4.39 Å². The topological polar surface area (TPSA) is 57.6 Å². The lowest BCUT2D eigenvalue weighted by Crippen LogP contribution is -2.35. The first-order chi connectivity index (χ1) is 7.93. The number of carbonyl (C=O) groups is 2. The van der Waals surface area contributed by atoms with Crippen LogP contribution in [-0.2, 0) is 16.1 Å². The van der Waals surface area contributed by atoms with Gasteiger partial charge in [-0.1, -0.05) is 18.2 Å². The average Bonchev–Trinajstić information content (AvgIpc) is 2.30. The van der Waals surface area contributed by atoms with Gasteiger partial charge in [0.05, 0.1) is 0 Å². The van der Waals surface area contributed by atoms with Gasteiger partial charge in [0, 0.05) is 19.2 Å². The Labute approximate surface area is 98.7 Å². The monoisotopic (exact) mass is 239 g/mol. The van der Waals surface area contributed by atoms with E-state index < -0.39 is 23.6 Å². The summed E-state index contributed by atoms with van der Waals surface area (Å²) >= 11 is 0. The summed E-state index contributed by atoms with van der Waals surface area (Å²) in [5.74, 6) is -3.25. The van der Waals surface area contributed by atoms with E-state index in [4.69, 9.17) is 5.11 Å². The van der Waals surface area contributed by atoms with E-state index in [9.17, 15) is 14.0 Å². The summed E-state index contributed by atoms with van der Waals surface area (Å²) in [6, 6.07) is 6.08. The first kappa shape index (κ1) is 13.2. The van der Waals surface area contributed by atoms with E-state index in [-0.39, 0.29) is 6.54 Å². The molecule has 0 fully saturated rings. The molecule has 0 aliphatic carbocycles. The Morgan fingerprint density at radius 2 is 2.00 bits per heavy atom. The van der Waals surface area contributed by atoms with E-state index in [1.54, 1.807) is 18.2 Å². The number of amides is 1. The number of halogens is 1. The van der Waals surface area contributed by atoms with Crippen molar-refractivity contribution in [1.82, 2.24) is 4.90 Å². The zero-order valence-electron chi connectivity index (χ0n) is 9.68. The molecule has 17 heavy (non-hydrogen) atoms. The molecule has 1 N–H and O–H groups in total. The Morgan fingerprint density at radius 3 is 2.53 bits per heavy atom. The summed E-state index contributed by atoms with van der Waals surface area (Å²) in [5.41, 5.74) is 0.362. The number of hydrogen-bond acceptors (Lipinski definition) is 2. The maximum atomic E-state index is 13.3. The molecule has 0 aliphatic heterocycles. The second-order valence-corrected chi connectivity index (χ2v) is 3.85. The normalized spacial score (nSPS) is 11.9. The molecule has 0 aliphatic rings. The molecule has 1 rings (SSSR count). The van der Waals surface area contributed by atoms with Crippen LogP contribution in [0, 0.1) is 11.7 Å². The van der Waals surface area contributed by atoms with Crippen LogP contribution in [0.1, 0.15) is 12.5 Å². The summed E-state index contributed by atoms with van der Waals surface area (Å²) in [6.45, 7) is 1.37. The van der Waals surface area contributed by atoms with Gasteiger partial charge in [0.2, 0.25) is 5.91 Å². The van der Waals surface area contributed by atoms with Crippen LogP contribution < -0.4 is 0 Å². The predicted octanol–water partition coefficient (Wildman–Crippen LogP) is 1.50. The minimum absolute atomic E-state index is 0.0587. The van der Waals surface area contributed by atoms with Crippen molar-refractivity contribution in [2.45, 2.75) is 13.5 Å². The summed E-state index contributed by atoms with van der Waals surface area (Å²) in [6.07, 6.45) is 0. The van der Waals surface area contributed by atoms with E-state index >= 15 is 0 Å². The van der Waals surface area contributed by atoms with Crippen LogP contribution in [0.15, 0.2) is 24.3 Å². The number of aliphatic carboxylic acids is 1. The third kappa shape index (κ3) is 3.27. The highest BCUT2D eigenvalue weighted by atomic mass is 19.1. The third-order valence-corrected chi connectivity index (χ3v) is 2.48. The summed E-state index contributed by atoms with van der Waals surface area (Å²) in [5, 5.41) is 8.70. The van der Waals surface area contributed by atoms with Crippen LogP contribution in [0.2, 0.25) is 0 Å². The van der Waals surface area contributed by atoms with E-state index in [1.165, 1.54) is 24.9 Å². The largest absolute Gasteiger partial charge is 0.481 e. The fourth-order valence-corrected chi connectivity index (χ4v) is 1.40. The summed E-state index contributed by atoms with van der Waals surface area (Å²) in [7, 11) is 1.45. The highest BCUT2D eigenvalue weighted by Gasteiger charge is 2.24. The fourth-order valence-electron chi connectivity index (χ4n) is 1.40. The van der Waals surface area contributed by atoms with E-state index in [2.05, 4.69) is 0 Å². The Morgan fingerprint density at radius 1 is 1.41 bits per heavy atom. The second kappa shape index (κ2) is 5.43. The average molecular weight is 239 g/mol. The van der Waals surface area contributed by atoms with Crippen molar-refractivity contribution in [2.75, 3.05) is 7.05 Å². The molecule has 0 saturated heterocycles. The molecule has 0 bridgehead atoms. The zero-order chi connectivity index (χ0) is 13.0. The maximum absolute atomic E-state index is 13.3. The molecule has 1 aromatic carbocycles. The first-order valence-electron chi connectivity index (χ1n) is 5.14. The van der Waals surface area contributed by atoms with Crippen molar-refractivity contribution in [2.24, 2.45) is 5.92 Å². The highest BCUT2D eigenvalue weighted by Crippen LogP contribution is 2.11. The number of carboxylic acids is 1. The molecule has 0 saturated carbocycles. The van der Waals surface area contributed by atoms with Gasteiger partial charge in [-0.2, -0.15) is 0 Å². The van der Waals surface area contributed by atoms with Gasteiger partial charge in [0.1, 0.15) is 11.7 Å². The number of hydrogen-bond donors (Lipinski definition) is 1. The molecule has 1 atom stereocenters. The molecule has 0 spiro atoms. The minimum Gasteiger partial charge on any atom is -0.481 e. The van der Waals surface area contributed by atoms with Crippen molar-refractivity contribution < 1.29 is 19.1 Å². The van der Waals surface area contributed by atoms with Crippen LogP contribution in [-0.4, -0.2) is 28.9 Å². The third-order valence-electron chi connectivity index (χ3n) is 2.48. The zero-order valence-corrected chi connectivity index (χ0v) is 9.68. The van der Waals surface area contributed by atoms with Crippen LogP contribution in [0.3, 0.4) is 0 Å². The lowest BCUT2D eigenvalue weighted by atomic mass is 10.1. The molecule has 1 unspecified atom stereocenters. The quantitative estimate of drug-likeness (QED) is 0.810. The molecule has 4 nitrogen and oxygen atoms in total. The van der Waals surface area contributed by atoms with Gasteiger partial charge in [0.25, 0.3) is 0 Å². The van der Waals surface area contributed by atoms with Crippen molar-refractivity contribution in [3.05, 3.63) is 35.6 Å². The second-order valence-electron chi connectivity index (χ2n) is 3.85. The Bertz CT molecular complexity index is 434. The Kier molecular flexibility index (Phi) is 4.20. The van der Waals surface area contributed by atoms with Gasteiger partial charge in [-0.25, -0.2) is 4.39 Å². The van der Waals surface area contributed by atoms with Crippen LogP contribution >= 0.6 is 0 Å². The number of carboxylic acid groups (broad SMARTS) is 1. The standard InChI is InChI=1S/C12H14FNO3/c1-8(12(16)17)11(15)14(2)7-9-5-3-4-6-10(9)13/h3-6,8H,7H2,1-2H3,(H,16,17).